The van der Waals surface area contributed by atoms with E-state index in [4.69, 9.17) is 0 Å². The molecule has 1 fully saturated rings. The Bertz CT molecular complexity index is 201. The standard InChI is InChI=1S/C10H20N2O2/c1-10(2,3)12(11-14)8-6-4-5-7-9(8)13/h8-9,13H,4-7H2,1-3H3. The zero-order valence-electron chi connectivity index (χ0n) is 9.23. The van der Waals surface area contributed by atoms with E-state index in [0.29, 0.717) is 0 Å². The highest BCUT2D eigenvalue weighted by Crippen LogP contribution is 2.28. The third kappa shape index (κ3) is 2.44. The first-order chi connectivity index (χ1) is 6.46. The highest BCUT2D eigenvalue weighted by molar-refractivity contribution is 4.87. The molecule has 1 aliphatic carbocycles. The molecule has 0 saturated heterocycles. The molecule has 1 aliphatic rings. The topological polar surface area (TPSA) is 52.9 Å². The third-order valence-corrected chi connectivity index (χ3v) is 2.78. The predicted octanol–water partition coefficient (Wildman–Crippen LogP) is 2.07. The molecular formula is C10H20N2O2. The molecule has 1 N–H and O–H groups in total. The van der Waals surface area contributed by atoms with E-state index in [9.17, 15) is 10.0 Å². The minimum absolute atomic E-state index is 0.0961. The van der Waals surface area contributed by atoms with Crippen molar-refractivity contribution in [3.8, 4) is 0 Å². The van der Waals surface area contributed by atoms with Crippen LogP contribution in [0.4, 0.5) is 0 Å². The van der Waals surface area contributed by atoms with Crippen molar-refractivity contribution in [3.63, 3.8) is 0 Å². The Hall–Kier alpha value is -0.640. The molecule has 0 aromatic rings. The smallest absolute Gasteiger partial charge is 0.0767 e. The van der Waals surface area contributed by atoms with E-state index < -0.39 is 6.10 Å². The Morgan fingerprint density at radius 1 is 1.29 bits per heavy atom. The van der Waals surface area contributed by atoms with Gasteiger partial charge < -0.3 is 5.11 Å². The molecule has 0 aromatic carbocycles. The van der Waals surface area contributed by atoms with E-state index in [1.54, 1.807) is 0 Å². The first kappa shape index (κ1) is 11.4. The van der Waals surface area contributed by atoms with Crippen molar-refractivity contribution in [2.24, 2.45) is 5.29 Å². The molecule has 82 valence electrons. The molecule has 0 bridgehead atoms. The Morgan fingerprint density at radius 3 is 2.29 bits per heavy atom. The molecule has 1 saturated carbocycles. The molecule has 0 aliphatic heterocycles. The van der Waals surface area contributed by atoms with Gasteiger partial charge in [-0.1, -0.05) is 12.8 Å². The lowest BCUT2D eigenvalue weighted by Crippen LogP contribution is -2.50. The van der Waals surface area contributed by atoms with Gasteiger partial charge in [0.2, 0.25) is 0 Å². The molecular weight excluding hydrogens is 180 g/mol. The highest BCUT2D eigenvalue weighted by atomic mass is 16.3. The minimum Gasteiger partial charge on any atom is -0.391 e. The van der Waals surface area contributed by atoms with Crippen LogP contribution in [0.5, 0.6) is 0 Å². The van der Waals surface area contributed by atoms with E-state index in [0.717, 1.165) is 25.7 Å². The molecule has 2 unspecified atom stereocenters. The lowest BCUT2D eigenvalue weighted by molar-refractivity contribution is -0.0233. The number of rotatable bonds is 2. The maximum Gasteiger partial charge on any atom is 0.0767 e. The van der Waals surface area contributed by atoms with Crippen molar-refractivity contribution in [2.45, 2.75) is 64.1 Å². The fourth-order valence-corrected chi connectivity index (χ4v) is 2.06. The van der Waals surface area contributed by atoms with Crippen molar-refractivity contribution < 1.29 is 5.11 Å². The van der Waals surface area contributed by atoms with Crippen LogP contribution >= 0.6 is 0 Å². The van der Waals surface area contributed by atoms with Crippen LogP contribution in [0.2, 0.25) is 0 Å². The molecule has 0 spiro atoms. The summed E-state index contributed by atoms with van der Waals surface area (Å²) >= 11 is 0. The second-order valence-electron chi connectivity index (χ2n) is 5.02. The number of aliphatic hydroxyl groups is 1. The molecule has 0 radical (unpaired) electrons. The predicted molar refractivity (Wildman–Crippen MR) is 55.6 cm³/mol. The fourth-order valence-electron chi connectivity index (χ4n) is 2.06. The molecule has 4 nitrogen and oxygen atoms in total. The van der Waals surface area contributed by atoms with Crippen molar-refractivity contribution in [1.29, 1.82) is 0 Å². The quantitative estimate of drug-likeness (QED) is 0.548. The van der Waals surface area contributed by atoms with Crippen LogP contribution in [0.25, 0.3) is 0 Å². The van der Waals surface area contributed by atoms with Crippen LogP contribution in [0.1, 0.15) is 46.5 Å². The number of nitrogens with zero attached hydrogens (tertiary/aromatic N) is 2. The molecule has 0 amide bonds. The first-order valence-electron chi connectivity index (χ1n) is 5.27. The summed E-state index contributed by atoms with van der Waals surface area (Å²) in [6.45, 7) is 5.82. The van der Waals surface area contributed by atoms with Gasteiger partial charge in [0.05, 0.1) is 23.0 Å². The second kappa shape index (κ2) is 4.26. The maximum absolute atomic E-state index is 10.8. The number of hydrogen-bond acceptors (Lipinski definition) is 3. The van der Waals surface area contributed by atoms with Crippen molar-refractivity contribution in [1.82, 2.24) is 5.01 Å². The number of hydrogen-bond donors (Lipinski definition) is 1. The zero-order chi connectivity index (χ0) is 10.8. The lowest BCUT2D eigenvalue weighted by atomic mass is 9.90. The Labute approximate surface area is 85.2 Å². The van der Waals surface area contributed by atoms with Crippen molar-refractivity contribution >= 4 is 0 Å². The average molecular weight is 200 g/mol. The molecule has 0 aromatic heterocycles. The number of aliphatic hydroxyl groups excluding tert-OH is 1. The average Bonchev–Trinajstić information content (AvgIpc) is 2.07. The van der Waals surface area contributed by atoms with Gasteiger partial charge in [-0.15, -0.1) is 4.91 Å². The van der Waals surface area contributed by atoms with Gasteiger partial charge in [0, 0.05) is 0 Å². The summed E-state index contributed by atoms with van der Waals surface area (Å²) in [7, 11) is 0. The molecule has 2 atom stereocenters. The van der Waals surface area contributed by atoms with Gasteiger partial charge in [-0.25, -0.2) is 0 Å². The fraction of sp³-hybridized carbons (Fsp3) is 1.00. The first-order valence-corrected chi connectivity index (χ1v) is 5.27. The lowest BCUT2D eigenvalue weighted by Gasteiger charge is -2.40. The summed E-state index contributed by atoms with van der Waals surface area (Å²) < 4.78 is 0. The van der Waals surface area contributed by atoms with Crippen molar-refractivity contribution in [3.05, 3.63) is 4.91 Å². The van der Waals surface area contributed by atoms with E-state index >= 15 is 0 Å². The maximum atomic E-state index is 10.8. The summed E-state index contributed by atoms with van der Waals surface area (Å²) in [4.78, 5) is 10.8. The molecule has 14 heavy (non-hydrogen) atoms. The van der Waals surface area contributed by atoms with Gasteiger partial charge in [-0.3, -0.25) is 5.01 Å². The monoisotopic (exact) mass is 200 g/mol. The summed E-state index contributed by atoms with van der Waals surface area (Å²) in [6.07, 6.45) is 3.37. The van der Waals surface area contributed by atoms with E-state index in [1.165, 1.54) is 5.01 Å². The number of nitroso groups, excluding NO2 is 1. The Balaban J connectivity index is 2.72. The van der Waals surface area contributed by atoms with Crippen molar-refractivity contribution in [2.75, 3.05) is 0 Å². The van der Waals surface area contributed by atoms with Crippen LogP contribution in [0.3, 0.4) is 0 Å². The van der Waals surface area contributed by atoms with Crippen LogP contribution in [0, 0.1) is 4.91 Å². The van der Waals surface area contributed by atoms with Crippen LogP contribution in [-0.2, 0) is 0 Å². The second-order valence-corrected chi connectivity index (χ2v) is 5.02. The van der Waals surface area contributed by atoms with E-state index in [2.05, 4.69) is 5.29 Å². The summed E-state index contributed by atoms with van der Waals surface area (Å²) in [5.41, 5.74) is -0.301. The van der Waals surface area contributed by atoms with Gasteiger partial charge >= 0.3 is 0 Å². The summed E-state index contributed by atoms with van der Waals surface area (Å²) in [5, 5.41) is 14.4. The molecule has 0 heterocycles. The van der Waals surface area contributed by atoms with E-state index in [-0.39, 0.29) is 11.6 Å². The minimum atomic E-state index is -0.402. The molecule has 4 heteroatoms. The SMILES string of the molecule is CC(C)(C)N(N=O)C1CCCCC1O. The summed E-state index contributed by atoms with van der Waals surface area (Å²) in [6, 6.07) is -0.0961. The van der Waals surface area contributed by atoms with Gasteiger partial charge in [-0.2, -0.15) is 0 Å². The Kier molecular flexibility index (Phi) is 3.48. The largest absolute Gasteiger partial charge is 0.391 e. The van der Waals surface area contributed by atoms with Gasteiger partial charge in [0.1, 0.15) is 0 Å². The zero-order valence-corrected chi connectivity index (χ0v) is 9.23. The highest BCUT2D eigenvalue weighted by Gasteiger charge is 2.35. The third-order valence-electron chi connectivity index (χ3n) is 2.78. The van der Waals surface area contributed by atoms with Crippen LogP contribution in [0.15, 0.2) is 5.29 Å². The van der Waals surface area contributed by atoms with Crippen LogP contribution < -0.4 is 0 Å². The summed E-state index contributed by atoms with van der Waals surface area (Å²) in [5.74, 6) is 0. The van der Waals surface area contributed by atoms with E-state index in [1.807, 2.05) is 20.8 Å². The van der Waals surface area contributed by atoms with Crippen LogP contribution in [-0.4, -0.2) is 27.8 Å². The Morgan fingerprint density at radius 2 is 1.86 bits per heavy atom. The van der Waals surface area contributed by atoms with Gasteiger partial charge in [0.25, 0.3) is 0 Å². The van der Waals surface area contributed by atoms with Gasteiger partial charge in [0.15, 0.2) is 0 Å². The normalized spacial score (nSPS) is 28.6. The van der Waals surface area contributed by atoms with Gasteiger partial charge in [-0.05, 0) is 33.6 Å². The molecule has 1 rings (SSSR count).